The van der Waals surface area contributed by atoms with Gasteiger partial charge in [-0.1, -0.05) is 127 Å². The zero-order valence-electron chi connectivity index (χ0n) is 23.2. The van der Waals surface area contributed by atoms with E-state index >= 15 is 0 Å². The van der Waals surface area contributed by atoms with E-state index in [1.807, 2.05) is 0 Å². The summed E-state index contributed by atoms with van der Waals surface area (Å²) in [6.45, 7) is 0. The van der Waals surface area contributed by atoms with Crippen LogP contribution in [0.2, 0.25) is 0 Å². The maximum absolute atomic E-state index is 5.15. The molecule has 0 N–H and O–H groups in total. The van der Waals surface area contributed by atoms with Crippen molar-refractivity contribution in [3.63, 3.8) is 0 Å². The molecule has 0 amide bonds. The highest BCUT2D eigenvalue weighted by Crippen LogP contribution is 2.40. The molecule has 0 radical (unpaired) electrons. The molecule has 2 nitrogen and oxygen atoms in total. The van der Waals surface area contributed by atoms with Gasteiger partial charge in [0.2, 0.25) is 0 Å². The van der Waals surface area contributed by atoms with Gasteiger partial charge in [0.25, 0.3) is 0 Å². The van der Waals surface area contributed by atoms with Crippen molar-refractivity contribution in [1.29, 1.82) is 0 Å². The molecular weight excluding hydrogens is 508 g/mol. The zero-order chi connectivity index (χ0) is 27.8. The maximum atomic E-state index is 5.15. The third kappa shape index (κ3) is 3.36. The van der Waals surface area contributed by atoms with Crippen molar-refractivity contribution in [2.45, 2.75) is 0 Å². The van der Waals surface area contributed by atoms with Crippen LogP contribution in [0, 0.1) is 0 Å². The molecule has 8 aromatic carbocycles. The fourth-order valence-electron chi connectivity index (χ4n) is 6.89. The molecule has 1 heterocycles. The summed E-state index contributed by atoms with van der Waals surface area (Å²) in [4.78, 5) is 5.15. The van der Waals surface area contributed by atoms with Gasteiger partial charge in [0.1, 0.15) is 5.82 Å². The highest BCUT2D eigenvalue weighted by atomic mass is 15.1. The fourth-order valence-corrected chi connectivity index (χ4v) is 6.89. The molecule has 1 aromatic heterocycles. The molecule has 9 rings (SSSR count). The van der Waals surface area contributed by atoms with E-state index in [0.29, 0.717) is 0 Å². The summed E-state index contributed by atoms with van der Waals surface area (Å²) in [5, 5.41) is 10.4. The highest BCUT2D eigenvalue weighted by Gasteiger charge is 2.15. The van der Waals surface area contributed by atoms with Crippen LogP contribution in [-0.2, 0) is 7.05 Å². The molecule has 0 saturated heterocycles. The predicted molar refractivity (Wildman–Crippen MR) is 178 cm³/mol. The van der Waals surface area contributed by atoms with Crippen LogP contribution >= 0.6 is 0 Å². The van der Waals surface area contributed by atoms with Gasteiger partial charge in [0, 0.05) is 12.6 Å². The van der Waals surface area contributed by atoms with Crippen LogP contribution in [0.1, 0.15) is 0 Å². The van der Waals surface area contributed by atoms with Crippen molar-refractivity contribution in [1.82, 2.24) is 9.55 Å². The standard InChI is InChI=1S/C40H26N2/c1-42-37-23-20-31(34-21-18-29-15-14-27-8-4-9-28-19-22-35(34)39(29)38(27)28)24-36(37)41-40(42)30-16-12-26(13-17-30)33-11-5-7-25-6-2-3-10-32(25)33/h2-24H,1H3. The highest BCUT2D eigenvalue weighted by molar-refractivity contribution is 6.25. The number of rotatable bonds is 3. The summed E-state index contributed by atoms with van der Waals surface area (Å²) in [6.07, 6.45) is 0. The Labute approximate surface area is 243 Å². The minimum absolute atomic E-state index is 0.974. The Bertz CT molecular complexity index is 2440. The lowest BCUT2D eigenvalue weighted by molar-refractivity contribution is 0.959. The van der Waals surface area contributed by atoms with Crippen LogP contribution in [0.15, 0.2) is 140 Å². The minimum Gasteiger partial charge on any atom is -0.327 e. The molecule has 42 heavy (non-hydrogen) atoms. The van der Waals surface area contributed by atoms with Crippen molar-refractivity contribution in [2.75, 3.05) is 0 Å². The first-order valence-corrected chi connectivity index (χ1v) is 14.4. The van der Waals surface area contributed by atoms with Crippen LogP contribution in [-0.4, -0.2) is 9.55 Å². The van der Waals surface area contributed by atoms with Crippen LogP contribution in [0.5, 0.6) is 0 Å². The first-order chi connectivity index (χ1) is 20.7. The lowest BCUT2D eigenvalue weighted by atomic mass is 9.90. The SMILES string of the molecule is Cn1c(-c2ccc(-c3cccc4ccccc34)cc2)nc2cc(-c3ccc4ccc5cccc6ccc3c4c56)ccc21. The summed E-state index contributed by atoms with van der Waals surface area (Å²) in [5.41, 5.74) is 8.15. The van der Waals surface area contributed by atoms with E-state index in [0.717, 1.165) is 22.4 Å². The number of hydrogen-bond donors (Lipinski definition) is 0. The molecule has 0 aliphatic carbocycles. The number of benzene rings is 8. The summed E-state index contributed by atoms with van der Waals surface area (Å²) in [5.74, 6) is 0.974. The predicted octanol–water partition coefficient (Wildman–Crippen LogP) is 10.6. The summed E-state index contributed by atoms with van der Waals surface area (Å²) in [6, 6.07) is 50.7. The van der Waals surface area contributed by atoms with Gasteiger partial charge < -0.3 is 4.57 Å². The maximum Gasteiger partial charge on any atom is 0.140 e. The topological polar surface area (TPSA) is 17.8 Å². The van der Waals surface area contributed by atoms with Gasteiger partial charge in [-0.3, -0.25) is 0 Å². The van der Waals surface area contributed by atoms with Gasteiger partial charge in [0.15, 0.2) is 0 Å². The van der Waals surface area contributed by atoms with Gasteiger partial charge in [-0.2, -0.15) is 0 Å². The molecule has 0 aliphatic rings. The molecular formula is C40H26N2. The third-order valence-corrected chi connectivity index (χ3v) is 8.96. The Morgan fingerprint density at radius 1 is 0.452 bits per heavy atom. The number of hydrogen-bond acceptors (Lipinski definition) is 1. The van der Waals surface area contributed by atoms with E-state index in [2.05, 4.69) is 151 Å². The lowest BCUT2D eigenvalue weighted by Crippen LogP contribution is -1.92. The molecule has 2 heteroatoms. The van der Waals surface area contributed by atoms with Gasteiger partial charge >= 0.3 is 0 Å². The summed E-state index contributed by atoms with van der Waals surface area (Å²) in [7, 11) is 2.11. The Morgan fingerprint density at radius 2 is 1.07 bits per heavy atom. The molecule has 0 fully saturated rings. The quantitative estimate of drug-likeness (QED) is 0.206. The monoisotopic (exact) mass is 534 g/mol. The van der Waals surface area contributed by atoms with Crippen molar-refractivity contribution in [3.8, 4) is 33.6 Å². The summed E-state index contributed by atoms with van der Waals surface area (Å²) >= 11 is 0. The van der Waals surface area contributed by atoms with Crippen molar-refractivity contribution in [2.24, 2.45) is 7.05 Å². The minimum atomic E-state index is 0.974. The molecule has 9 aromatic rings. The van der Waals surface area contributed by atoms with Crippen molar-refractivity contribution >= 4 is 54.1 Å². The number of aromatic nitrogens is 2. The van der Waals surface area contributed by atoms with E-state index in [9.17, 15) is 0 Å². The molecule has 0 atom stereocenters. The third-order valence-electron chi connectivity index (χ3n) is 8.96. The molecule has 0 unspecified atom stereocenters. The van der Waals surface area contributed by atoms with Gasteiger partial charge in [0.05, 0.1) is 11.0 Å². The van der Waals surface area contributed by atoms with E-state index < -0.39 is 0 Å². The summed E-state index contributed by atoms with van der Waals surface area (Å²) < 4.78 is 2.20. The number of aryl methyl sites for hydroxylation is 1. The van der Waals surface area contributed by atoms with Gasteiger partial charge in [-0.05, 0) is 77.5 Å². The van der Waals surface area contributed by atoms with E-state index in [4.69, 9.17) is 4.98 Å². The first-order valence-electron chi connectivity index (χ1n) is 14.4. The Hall–Kier alpha value is -5.47. The molecule has 0 bridgehead atoms. The van der Waals surface area contributed by atoms with Gasteiger partial charge in [-0.15, -0.1) is 0 Å². The van der Waals surface area contributed by atoms with Crippen LogP contribution < -0.4 is 0 Å². The normalized spacial score (nSPS) is 11.9. The second kappa shape index (κ2) is 8.76. The average molecular weight is 535 g/mol. The zero-order valence-corrected chi connectivity index (χ0v) is 23.2. The second-order valence-corrected chi connectivity index (χ2v) is 11.3. The van der Waals surface area contributed by atoms with Crippen LogP contribution in [0.3, 0.4) is 0 Å². The smallest absolute Gasteiger partial charge is 0.140 e. The van der Waals surface area contributed by atoms with E-state index in [1.165, 1.54) is 65.3 Å². The molecule has 0 aliphatic heterocycles. The second-order valence-electron chi connectivity index (χ2n) is 11.3. The molecule has 196 valence electrons. The number of imidazole rings is 1. The van der Waals surface area contributed by atoms with Crippen LogP contribution in [0.25, 0.3) is 87.8 Å². The average Bonchev–Trinajstić information content (AvgIpc) is 3.38. The molecule has 0 saturated carbocycles. The number of nitrogens with zero attached hydrogens (tertiary/aromatic N) is 2. The van der Waals surface area contributed by atoms with E-state index in [1.54, 1.807) is 0 Å². The Morgan fingerprint density at radius 3 is 1.93 bits per heavy atom. The Kier molecular flexibility index (Phi) is 4.85. The first kappa shape index (κ1) is 23.3. The Balaban J connectivity index is 1.15. The fraction of sp³-hybridized carbons (Fsp3) is 0.0250. The van der Waals surface area contributed by atoms with E-state index in [-0.39, 0.29) is 0 Å². The molecule has 0 spiro atoms. The van der Waals surface area contributed by atoms with Crippen molar-refractivity contribution in [3.05, 3.63) is 140 Å². The lowest BCUT2D eigenvalue weighted by Gasteiger charge is -2.14. The van der Waals surface area contributed by atoms with Crippen molar-refractivity contribution < 1.29 is 0 Å². The van der Waals surface area contributed by atoms with Crippen LogP contribution in [0.4, 0.5) is 0 Å². The van der Waals surface area contributed by atoms with Gasteiger partial charge in [-0.25, -0.2) is 4.98 Å². The number of fused-ring (bicyclic) bond motifs is 2. The largest absolute Gasteiger partial charge is 0.327 e.